The summed E-state index contributed by atoms with van der Waals surface area (Å²) < 4.78 is 10.6. The van der Waals surface area contributed by atoms with Gasteiger partial charge in [0.05, 0.1) is 19.8 Å². The zero-order chi connectivity index (χ0) is 18.8. The van der Waals surface area contributed by atoms with E-state index in [2.05, 4.69) is 5.32 Å². The Morgan fingerprint density at radius 1 is 0.852 bits per heavy atom. The van der Waals surface area contributed by atoms with E-state index >= 15 is 0 Å². The fourth-order valence-electron chi connectivity index (χ4n) is 3.31. The average Bonchev–Trinajstić information content (AvgIpc) is 2.74. The third kappa shape index (κ3) is 3.08. The number of rotatable bonds is 4. The van der Waals surface area contributed by atoms with Crippen LogP contribution in [0.5, 0.6) is 11.5 Å². The normalized spacial score (nSPS) is 15.7. The quantitative estimate of drug-likeness (QED) is 0.746. The highest BCUT2D eigenvalue weighted by molar-refractivity contribution is 6.12. The Morgan fingerprint density at radius 2 is 1.59 bits per heavy atom. The van der Waals surface area contributed by atoms with Crippen molar-refractivity contribution in [1.29, 1.82) is 0 Å². The highest BCUT2D eigenvalue weighted by Gasteiger charge is 2.34. The molecule has 1 aliphatic rings. The molecule has 0 bridgehead atoms. The minimum absolute atomic E-state index is 0.0534. The zero-order valence-electron chi connectivity index (χ0n) is 15.2. The fraction of sp³-hybridized carbons (Fsp3) is 0.136. The standard InChI is InChI=1S/C22H20N2O3/c1-26-17-12-10-16(11-13-17)24-21(15-6-5-7-18(14-15)27-2)23-20-9-4-3-8-19(20)22(24)25/h3-14,21,23H,1-2H3/t21-/m1/s1. The first-order valence-corrected chi connectivity index (χ1v) is 8.68. The number of hydrogen-bond donors (Lipinski definition) is 1. The number of carbonyl (C=O) groups is 1. The predicted octanol–water partition coefficient (Wildman–Crippen LogP) is 4.47. The van der Waals surface area contributed by atoms with E-state index in [1.807, 2.05) is 72.8 Å². The largest absolute Gasteiger partial charge is 0.497 e. The molecule has 0 radical (unpaired) electrons. The van der Waals surface area contributed by atoms with E-state index in [-0.39, 0.29) is 12.1 Å². The fourth-order valence-corrected chi connectivity index (χ4v) is 3.31. The zero-order valence-corrected chi connectivity index (χ0v) is 15.2. The molecule has 5 heteroatoms. The third-order valence-corrected chi connectivity index (χ3v) is 4.69. The maximum absolute atomic E-state index is 13.3. The highest BCUT2D eigenvalue weighted by Crippen LogP contribution is 2.37. The van der Waals surface area contributed by atoms with Crippen LogP contribution in [0.1, 0.15) is 22.1 Å². The molecule has 1 amide bonds. The van der Waals surface area contributed by atoms with Crippen LogP contribution in [0, 0.1) is 0 Å². The molecule has 0 saturated carbocycles. The highest BCUT2D eigenvalue weighted by atomic mass is 16.5. The molecule has 4 rings (SSSR count). The number of methoxy groups -OCH3 is 2. The molecule has 0 aromatic heterocycles. The summed E-state index contributed by atoms with van der Waals surface area (Å²) in [6.07, 6.45) is -0.351. The lowest BCUT2D eigenvalue weighted by Gasteiger charge is -2.38. The number of nitrogens with one attached hydrogen (secondary N) is 1. The molecule has 1 N–H and O–H groups in total. The number of anilines is 2. The summed E-state index contributed by atoms with van der Waals surface area (Å²) in [6, 6.07) is 22.8. The number of amides is 1. The smallest absolute Gasteiger partial charge is 0.262 e. The Morgan fingerprint density at radius 3 is 2.33 bits per heavy atom. The summed E-state index contributed by atoms with van der Waals surface area (Å²) in [5, 5.41) is 3.49. The van der Waals surface area contributed by atoms with Gasteiger partial charge in [0.1, 0.15) is 17.7 Å². The molecule has 3 aromatic rings. The van der Waals surface area contributed by atoms with Gasteiger partial charge in [0.2, 0.25) is 0 Å². The number of para-hydroxylation sites is 1. The van der Waals surface area contributed by atoms with Crippen LogP contribution in [0.3, 0.4) is 0 Å². The SMILES string of the molecule is COc1ccc(N2C(=O)c3ccccc3N[C@H]2c2cccc(OC)c2)cc1. The van der Waals surface area contributed by atoms with Crippen molar-refractivity contribution in [2.24, 2.45) is 0 Å². The van der Waals surface area contributed by atoms with Gasteiger partial charge >= 0.3 is 0 Å². The summed E-state index contributed by atoms with van der Waals surface area (Å²) in [5.74, 6) is 1.44. The van der Waals surface area contributed by atoms with Crippen molar-refractivity contribution in [2.45, 2.75) is 6.17 Å². The minimum atomic E-state index is -0.351. The van der Waals surface area contributed by atoms with E-state index in [0.717, 1.165) is 28.4 Å². The van der Waals surface area contributed by atoms with Gasteiger partial charge in [0.15, 0.2) is 0 Å². The van der Waals surface area contributed by atoms with E-state index in [9.17, 15) is 4.79 Å². The van der Waals surface area contributed by atoms with E-state index in [1.54, 1.807) is 19.1 Å². The lowest BCUT2D eigenvalue weighted by molar-refractivity contribution is 0.0975. The van der Waals surface area contributed by atoms with Crippen LogP contribution in [0.25, 0.3) is 0 Å². The van der Waals surface area contributed by atoms with E-state index in [1.165, 1.54) is 0 Å². The molecule has 0 unspecified atom stereocenters. The van der Waals surface area contributed by atoms with Gasteiger partial charge in [-0.25, -0.2) is 0 Å². The van der Waals surface area contributed by atoms with Crippen molar-refractivity contribution < 1.29 is 14.3 Å². The van der Waals surface area contributed by atoms with Crippen LogP contribution in [-0.2, 0) is 0 Å². The summed E-state index contributed by atoms with van der Waals surface area (Å²) in [5.41, 5.74) is 3.19. The van der Waals surface area contributed by atoms with Crippen LogP contribution in [0.4, 0.5) is 11.4 Å². The van der Waals surface area contributed by atoms with Crippen molar-refractivity contribution in [3.63, 3.8) is 0 Å². The van der Waals surface area contributed by atoms with Gasteiger partial charge in [-0.15, -0.1) is 0 Å². The maximum Gasteiger partial charge on any atom is 0.262 e. The minimum Gasteiger partial charge on any atom is -0.497 e. The molecule has 3 aromatic carbocycles. The van der Waals surface area contributed by atoms with Crippen molar-refractivity contribution in [3.8, 4) is 11.5 Å². The van der Waals surface area contributed by atoms with Gasteiger partial charge in [-0.2, -0.15) is 0 Å². The maximum atomic E-state index is 13.3. The summed E-state index contributed by atoms with van der Waals surface area (Å²) in [4.78, 5) is 15.1. The van der Waals surface area contributed by atoms with Crippen LogP contribution in [-0.4, -0.2) is 20.1 Å². The van der Waals surface area contributed by atoms with Crippen LogP contribution >= 0.6 is 0 Å². The van der Waals surface area contributed by atoms with Crippen LogP contribution in [0.2, 0.25) is 0 Å². The predicted molar refractivity (Wildman–Crippen MR) is 106 cm³/mol. The Hall–Kier alpha value is -3.47. The van der Waals surface area contributed by atoms with E-state index in [4.69, 9.17) is 9.47 Å². The van der Waals surface area contributed by atoms with Crippen molar-refractivity contribution in [2.75, 3.05) is 24.4 Å². The van der Waals surface area contributed by atoms with E-state index < -0.39 is 0 Å². The van der Waals surface area contributed by atoms with Gasteiger partial charge in [0.25, 0.3) is 5.91 Å². The van der Waals surface area contributed by atoms with Crippen LogP contribution < -0.4 is 19.7 Å². The van der Waals surface area contributed by atoms with Gasteiger partial charge in [-0.05, 0) is 54.1 Å². The molecule has 136 valence electrons. The molecule has 1 heterocycles. The van der Waals surface area contributed by atoms with Crippen molar-refractivity contribution in [3.05, 3.63) is 83.9 Å². The number of nitrogens with zero attached hydrogens (tertiary/aromatic N) is 1. The first-order valence-electron chi connectivity index (χ1n) is 8.68. The second-order valence-electron chi connectivity index (χ2n) is 6.24. The van der Waals surface area contributed by atoms with Gasteiger partial charge in [-0.1, -0.05) is 24.3 Å². The Balaban J connectivity index is 1.83. The summed E-state index contributed by atoms with van der Waals surface area (Å²) in [6.45, 7) is 0. The van der Waals surface area contributed by atoms with Crippen molar-refractivity contribution >= 4 is 17.3 Å². The summed E-state index contributed by atoms with van der Waals surface area (Å²) in [7, 11) is 3.26. The second-order valence-corrected chi connectivity index (χ2v) is 6.24. The van der Waals surface area contributed by atoms with Gasteiger partial charge in [-0.3, -0.25) is 9.69 Å². The molecule has 1 atom stereocenters. The Kier molecular flexibility index (Phi) is 4.42. The molecular weight excluding hydrogens is 340 g/mol. The first-order chi connectivity index (χ1) is 13.2. The molecule has 27 heavy (non-hydrogen) atoms. The number of benzene rings is 3. The number of ether oxygens (including phenoxy) is 2. The summed E-state index contributed by atoms with van der Waals surface area (Å²) >= 11 is 0. The monoisotopic (exact) mass is 360 g/mol. The molecule has 0 saturated heterocycles. The molecular formula is C22H20N2O3. The topological polar surface area (TPSA) is 50.8 Å². The second kappa shape index (κ2) is 7.03. The number of fused-ring (bicyclic) bond motifs is 1. The number of carbonyl (C=O) groups excluding carboxylic acids is 1. The molecule has 0 spiro atoms. The Labute approximate surface area is 158 Å². The molecule has 0 aliphatic carbocycles. The van der Waals surface area contributed by atoms with Crippen molar-refractivity contribution in [1.82, 2.24) is 0 Å². The molecule has 1 aliphatic heterocycles. The molecule has 0 fully saturated rings. The third-order valence-electron chi connectivity index (χ3n) is 4.69. The number of hydrogen-bond acceptors (Lipinski definition) is 4. The lowest BCUT2D eigenvalue weighted by Crippen LogP contribution is -2.43. The van der Waals surface area contributed by atoms with Crippen LogP contribution in [0.15, 0.2) is 72.8 Å². The lowest BCUT2D eigenvalue weighted by atomic mass is 10.0. The van der Waals surface area contributed by atoms with E-state index in [0.29, 0.717) is 5.56 Å². The first kappa shape index (κ1) is 17.0. The molecule has 5 nitrogen and oxygen atoms in total. The van der Waals surface area contributed by atoms with Gasteiger partial charge in [0, 0.05) is 11.4 Å². The Bertz CT molecular complexity index is 969. The average molecular weight is 360 g/mol. The van der Waals surface area contributed by atoms with Gasteiger partial charge < -0.3 is 14.8 Å².